The first-order chi connectivity index (χ1) is 8.91. The van der Waals surface area contributed by atoms with E-state index in [4.69, 9.17) is 0 Å². The van der Waals surface area contributed by atoms with Crippen molar-refractivity contribution < 1.29 is 17.9 Å². The van der Waals surface area contributed by atoms with Crippen LogP contribution in [0.4, 0.5) is 13.2 Å². The van der Waals surface area contributed by atoms with Crippen molar-refractivity contribution in [1.82, 2.24) is 4.90 Å². The molecule has 3 nitrogen and oxygen atoms in total. The summed E-state index contributed by atoms with van der Waals surface area (Å²) in [5, 5.41) is 9.18. The Hall–Kier alpha value is -1.74. The number of alkyl halides is 3. The lowest BCUT2D eigenvalue weighted by atomic mass is 10.1. The average Bonchev–Trinajstić information content (AvgIpc) is 2.34. The predicted octanol–water partition coefficient (Wildman–Crippen LogP) is 3.49. The van der Waals surface area contributed by atoms with Crippen LogP contribution in [0, 0.1) is 11.3 Å². The van der Waals surface area contributed by atoms with Crippen molar-refractivity contribution in [2.75, 3.05) is 13.1 Å². The van der Waals surface area contributed by atoms with Crippen LogP contribution in [-0.2, 0) is 0 Å². The van der Waals surface area contributed by atoms with E-state index in [0.29, 0.717) is 18.7 Å². The molecule has 0 radical (unpaired) electrons. The number of halogens is 3. The van der Waals surface area contributed by atoms with E-state index in [1.54, 1.807) is 6.07 Å². The molecule has 0 N–H and O–H groups in total. The van der Waals surface area contributed by atoms with E-state index in [1.165, 1.54) is 18.2 Å². The van der Waals surface area contributed by atoms with Crippen molar-refractivity contribution in [2.24, 2.45) is 0 Å². The SMILES string of the molecule is CCN(CC)C(C#N)c1cccc(OC(F)(F)F)c1. The quantitative estimate of drug-likeness (QED) is 0.823. The highest BCUT2D eigenvalue weighted by molar-refractivity contribution is 5.33. The molecule has 0 fully saturated rings. The monoisotopic (exact) mass is 272 g/mol. The number of rotatable bonds is 5. The van der Waals surface area contributed by atoms with Gasteiger partial charge in [0.05, 0.1) is 6.07 Å². The van der Waals surface area contributed by atoms with Crippen molar-refractivity contribution in [1.29, 1.82) is 5.26 Å². The molecule has 0 aliphatic heterocycles. The van der Waals surface area contributed by atoms with Crippen LogP contribution in [0.3, 0.4) is 0 Å². The van der Waals surface area contributed by atoms with Gasteiger partial charge in [-0.3, -0.25) is 4.90 Å². The molecule has 0 saturated carbocycles. The standard InChI is InChI=1S/C13H15F3N2O/c1-3-18(4-2)12(9-17)10-6-5-7-11(8-10)19-13(14,15)16/h5-8,12H,3-4H2,1-2H3. The molecule has 0 amide bonds. The largest absolute Gasteiger partial charge is 0.573 e. The van der Waals surface area contributed by atoms with Crippen LogP contribution >= 0.6 is 0 Å². The van der Waals surface area contributed by atoms with E-state index in [2.05, 4.69) is 10.8 Å². The molecule has 1 aromatic carbocycles. The van der Waals surface area contributed by atoms with E-state index in [0.717, 1.165) is 0 Å². The van der Waals surface area contributed by atoms with E-state index >= 15 is 0 Å². The van der Waals surface area contributed by atoms with Gasteiger partial charge in [-0.2, -0.15) is 5.26 Å². The first kappa shape index (κ1) is 15.3. The molecule has 1 rings (SSSR count). The fourth-order valence-corrected chi connectivity index (χ4v) is 1.84. The van der Waals surface area contributed by atoms with Gasteiger partial charge in [-0.05, 0) is 30.8 Å². The van der Waals surface area contributed by atoms with Gasteiger partial charge in [-0.1, -0.05) is 26.0 Å². The molecular weight excluding hydrogens is 257 g/mol. The third-order valence-electron chi connectivity index (χ3n) is 2.71. The minimum atomic E-state index is -4.73. The van der Waals surface area contributed by atoms with Crippen molar-refractivity contribution in [3.05, 3.63) is 29.8 Å². The molecule has 0 spiro atoms. The highest BCUT2D eigenvalue weighted by Crippen LogP contribution is 2.27. The smallest absolute Gasteiger partial charge is 0.406 e. The summed E-state index contributed by atoms with van der Waals surface area (Å²) in [5.41, 5.74) is 0.493. The third kappa shape index (κ3) is 4.45. The van der Waals surface area contributed by atoms with E-state index in [9.17, 15) is 18.4 Å². The van der Waals surface area contributed by atoms with Crippen molar-refractivity contribution in [2.45, 2.75) is 26.3 Å². The Morgan fingerprint density at radius 1 is 1.32 bits per heavy atom. The van der Waals surface area contributed by atoms with Crippen LogP contribution in [0.15, 0.2) is 24.3 Å². The number of benzene rings is 1. The Bertz CT molecular complexity index is 450. The molecular formula is C13H15F3N2O. The first-order valence-electron chi connectivity index (χ1n) is 5.90. The van der Waals surface area contributed by atoms with Gasteiger partial charge in [0.1, 0.15) is 11.8 Å². The van der Waals surface area contributed by atoms with Gasteiger partial charge in [0.2, 0.25) is 0 Å². The molecule has 0 heterocycles. The lowest BCUT2D eigenvalue weighted by molar-refractivity contribution is -0.274. The van der Waals surface area contributed by atoms with E-state index < -0.39 is 12.4 Å². The average molecular weight is 272 g/mol. The normalized spacial score (nSPS) is 13.1. The number of ether oxygens (including phenoxy) is 1. The van der Waals surface area contributed by atoms with Gasteiger partial charge in [0.25, 0.3) is 0 Å². The minimum Gasteiger partial charge on any atom is -0.406 e. The molecule has 6 heteroatoms. The number of nitrogens with zero attached hydrogens (tertiary/aromatic N) is 2. The summed E-state index contributed by atoms with van der Waals surface area (Å²) in [6, 6.07) is 7.06. The summed E-state index contributed by atoms with van der Waals surface area (Å²) < 4.78 is 40.3. The summed E-state index contributed by atoms with van der Waals surface area (Å²) in [5.74, 6) is -0.308. The zero-order chi connectivity index (χ0) is 14.5. The minimum absolute atomic E-state index is 0.308. The second kappa shape index (κ2) is 6.43. The maximum atomic E-state index is 12.1. The van der Waals surface area contributed by atoms with Gasteiger partial charge >= 0.3 is 6.36 Å². The summed E-state index contributed by atoms with van der Waals surface area (Å²) >= 11 is 0. The molecule has 0 aliphatic carbocycles. The maximum absolute atomic E-state index is 12.1. The van der Waals surface area contributed by atoms with Crippen LogP contribution < -0.4 is 4.74 Å². The van der Waals surface area contributed by atoms with Crippen LogP contribution in [0.1, 0.15) is 25.5 Å². The summed E-state index contributed by atoms with van der Waals surface area (Å²) in [7, 11) is 0. The summed E-state index contributed by atoms with van der Waals surface area (Å²) in [6.45, 7) is 5.06. The van der Waals surface area contributed by atoms with Gasteiger partial charge in [-0.15, -0.1) is 13.2 Å². The fourth-order valence-electron chi connectivity index (χ4n) is 1.84. The second-order valence-corrected chi connectivity index (χ2v) is 3.87. The molecule has 19 heavy (non-hydrogen) atoms. The summed E-state index contributed by atoms with van der Waals surface area (Å²) in [6.07, 6.45) is -4.73. The van der Waals surface area contributed by atoms with E-state index in [-0.39, 0.29) is 5.75 Å². The van der Waals surface area contributed by atoms with Crippen molar-refractivity contribution in [3.8, 4) is 11.8 Å². The Kier molecular flexibility index (Phi) is 5.19. The van der Waals surface area contributed by atoms with E-state index in [1.807, 2.05) is 18.7 Å². The van der Waals surface area contributed by atoms with Gasteiger partial charge in [-0.25, -0.2) is 0 Å². The highest BCUT2D eigenvalue weighted by Gasteiger charge is 2.31. The second-order valence-electron chi connectivity index (χ2n) is 3.87. The Balaban J connectivity index is 3.00. The zero-order valence-corrected chi connectivity index (χ0v) is 10.7. The lowest BCUT2D eigenvalue weighted by Crippen LogP contribution is -2.27. The molecule has 0 bridgehead atoms. The molecule has 0 aliphatic rings. The molecule has 1 aromatic rings. The van der Waals surface area contributed by atoms with Crippen LogP contribution in [0.25, 0.3) is 0 Å². The molecule has 1 atom stereocenters. The third-order valence-corrected chi connectivity index (χ3v) is 2.71. The zero-order valence-electron chi connectivity index (χ0n) is 10.7. The number of hydrogen-bond acceptors (Lipinski definition) is 3. The van der Waals surface area contributed by atoms with Gasteiger partial charge < -0.3 is 4.74 Å². The molecule has 0 aromatic heterocycles. The Labute approximate surface area is 110 Å². The van der Waals surface area contributed by atoms with Gasteiger partial charge in [0.15, 0.2) is 0 Å². The number of hydrogen-bond donors (Lipinski definition) is 0. The van der Waals surface area contributed by atoms with Crippen molar-refractivity contribution >= 4 is 0 Å². The topological polar surface area (TPSA) is 36.3 Å². The predicted molar refractivity (Wildman–Crippen MR) is 64.4 cm³/mol. The first-order valence-corrected chi connectivity index (χ1v) is 5.90. The van der Waals surface area contributed by atoms with Crippen LogP contribution in [0.2, 0.25) is 0 Å². The Morgan fingerprint density at radius 3 is 2.42 bits per heavy atom. The van der Waals surface area contributed by atoms with Crippen LogP contribution in [-0.4, -0.2) is 24.4 Å². The Morgan fingerprint density at radius 2 is 1.95 bits per heavy atom. The lowest BCUT2D eigenvalue weighted by Gasteiger charge is -2.24. The van der Waals surface area contributed by atoms with Crippen LogP contribution in [0.5, 0.6) is 5.75 Å². The molecule has 104 valence electrons. The fraction of sp³-hybridized carbons (Fsp3) is 0.462. The number of nitriles is 1. The molecule has 1 unspecified atom stereocenters. The summed E-state index contributed by atoms with van der Waals surface area (Å²) in [4.78, 5) is 1.85. The highest BCUT2D eigenvalue weighted by atomic mass is 19.4. The van der Waals surface area contributed by atoms with Gasteiger partial charge in [0, 0.05) is 0 Å². The molecule has 0 saturated heterocycles. The van der Waals surface area contributed by atoms with Crippen molar-refractivity contribution in [3.63, 3.8) is 0 Å². The maximum Gasteiger partial charge on any atom is 0.573 e.